The van der Waals surface area contributed by atoms with Gasteiger partial charge in [-0.1, -0.05) is 36.3 Å². The van der Waals surface area contributed by atoms with E-state index < -0.39 is 12.0 Å². The predicted molar refractivity (Wildman–Crippen MR) is 59.5 cm³/mol. The fourth-order valence-electron chi connectivity index (χ4n) is 1.21. The summed E-state index contributed by atoms with van der Waals surface area (Å²) < 4.78 is 0. The van der Waals surface area contributed by atoms with Crippen molar-refractivity contribution >= 4 is 5.97 Å². The van der Waals surface area contributed by atoms with Crippen molar-refractivity contribution in [1.29, 1.82) is 0 Å². The zero-order valence-electron chi connectivity index (χ0n) is 8.72. The minimum atomic E-state index is -0.971. The van der Waals surface area contributed by atoms with Crippen molar-refractivity contribution in [1.82, 2.24) is 5.48 Å². The van der Waals surface area contributed by atoms with Gasteiger partial charge in [-0.05, 0) is 5.56 Å². The third-order valence-electron chi connectivity index (χ3n) is 1.96. The quantitative estimate of drug-likeness (QED) is 0.423. The summed E-state index contributed by atoms with van der Waals surface area (Å²) >= 11 is 0. The lowest BCUT2D eigenvalue weighted by atomic mass is 10.1. The Balaban J connectivity index is 2.52. The predicted octanol–water partition coefficient (Wildman–Crippen LogP) is 0.837. The van der Waals surface area contributed by atoms with E-state index in [-0.39, 0.29) is 6.61 Å². The summed E-state index contributed by atoms with van der Waals surface area (Å²) in [7, 11) is 0. The van der Waals surface area contributed by atoms with Gasteiger partial charge in [-0.2, -0.15) is 5.48 Å². The first-order valence-electron chi connectivity index (χ1n) is 4.81. The maximum absolute atomic E-state index is 10.9. The van der Waals surface area contributed by atoms with Crippen molar-refractivity contribution in [3.63, 3.8) is 0 Å². The molecule has 4 heteroatoms. The molecule has 1 atom stereocenters. The molecule has 0 saturated heterocycles. The summed E-state index contributed by atoms with van der Waals surface area (Å²) in [6, 6.07) is 8.52. The van der Waals surface area contributed by atoms with Crippen LogP contribution in [-0.2, 0) is 16.1 Å². The van der Waals surface area contributed by atoms with Crippen LogP contribution in [0.3, 0.4) is 0 Å². The summed E-state index contributed by atoms with van der Waals surface area (Å²) in [5, 5.41) is 8.94. The lowest BCUT2D eigenvalue weighted by Crippen LogP contribution is -2.38. The third-order valence-corrected chi connectivity index (χ3v) is 1.96. The summed E-state index contributed by atoms with van der Waals surface area (Å²) in [6.45, 7) is 0.0402. The molecule has 4 nitrogen and oxygen atoms in total. The molecule has 0 bridgehead atoms. The van der Waals surface area contributed by atoms with Gasteiger partial charge in [0.15, 0.2) is 0 Å². The van der Waals surface area contributed by atoms with Gasteiger partial charge in [0.05, 0.1) is 0 Å². The van der Waals surface area contributed by atoms with E-state index in [9.17, 15) is 4.79 Å². The van der Waals surface area contributed by atoms with E-state index in [1.165, 1.54) is 0 Å². The Morgan fingerprint density at radius 1 is 1.50 bits per heavy atom. The van der Waals surface area contributed by atoms with Crippen molar-refractivity contribution in [3.05, 3.63) is 35.9 Å². The van der Waals surface area contributed by atoms with Crippen molar-refractivity contribution in [2.75, 3.05) is 6.61 Å². The molecule has 84 valence electrons. The van der Waals surface area contributed by atoms with Crippen molar-refractivity contribution in [2.45, 2.75) is 12.5 Å². The molecule has 0 radical (unpaired) electrons. The molecule has 0 aliphatic carbocycles. The highest BCUT2D eigenvalue weighted by Crippen LogP contribution is 2.03. The van der Waals surface area contributed by atoms with Crippen LogP contribution in [0.4, 0.5) is 0 Å². The Hall–Kier alpha value is -1.83. The molecule has 0 heterocycles. The van der Waals surface area contributed by atoms with E-state index in [4.69, 9.17) is 16.4 Å². The highest BCUT2D eigenvalue weighted by Gasteiger charge is 2.17. The molecule has 0 spiro atoms. The molecule has 0 aromatic heterocycles. The van der Waals surface area contributed by atoms with Crippen LogP contribution in [-0.4, -0.2) is 23.7 Å². The molecular formula is C12H13NO3. The standard InChI is InChI=1S/C12H13NO3/c1-2-8-16-13-11(12(14)15)9-10-6-4-3-5-7-10/h1,3-7,11,13H,8-9H2,(H,14,15). The molecule has 2 N–H and O–H groups in total. The van der Waals surface area contributed by atoms with Gasteiger partial charge in [0.25, 0.3) is 0 Å². The minimum absolute atomic E-state index is 0.0402. The van der Waals surface area contributed by atoms with Gasteiger partial charge in [-0.3, -0.25) is 9.63 Å². The van der Waals surface area contributed by atoms with Gasteiger partial charge in [-0.25, -0.2) is 0 Å². The number of carboxylic acid groups (broad SMARTS) is 1. The van der Waals surface area contributed by atoms with E-state index in [1.54, 1.807) is 0 Å². The molecule has 1 aromatic carbocycles. The van der Waals surface area contributed by atoms with Gasteiger partial charge < -0.3 is 5.11 Å². The van der Waals surface area contributed by atoms with E-state index in [2.05, 4.69) is 11.4 Å². The number of carboxylic acids is 1. The Labute approximate surface area is 94.2 Å². The minimum Gasteiger partial charge on any atom is -0.480 e. The van der Waals surface area contributed by atoms with E-state index in [0.29, 0.717) is 6.42 Å². The van der Waals surface area contributed by atoms with Gasteiger partial charge in [0, 0.05) is 6.42 Å². The number of carbonyl (C=O) groups is 1. The lowest BCUT2D eigenvalue weighted by Gasteiger charge is -2.13. The maximum Gasteiger partial charge on any atom is 0.323 e. The van der Waals surface area contributed by atoms with Crippen molar-refractivity contribution in [3.8, 4) is 12.3 Å². The molecule has 16 heavy (non-hydrogen) atoms. The van der Waals surface area contributed by atoms with Crippen molar-refractivity contribution in [2.24, 2.45) is 0 Å². The molecule has 0 aliphatic heterocycles. The first-order valence-corrected chi connectivity index (χ1v) is 4.81. The van der Waals surface area contributed by atoms with Crippen LogP contribution in [0.25, 0.3) is 0 Å². The first kappa shape index (κ1) is 12.2. The summed E-state index contributed by atoms with van der Waals surface area (Å²) in [5.41, 5.74) is 3.35. The normalized spacial score (nSPS) is 11.7. The summed E-state index contributed by atoms with van der Waals surface area (Å²) in [5.74, 6) is 1.28. The molecule has 0 saturated carbocycles. The topological polar surface area (TPSA) is 58.6 Å². The van der Waals surface area contributed by atoms with Crippen LogP contribution < -0.4 is 5.48 Å². The van der Waals surface area contributed by atoms with Gasteiger partial charge in [0.2, 0.25) is 0 Å². The van der Waals surface area contributed by atoms with E-state index in [0.717, 1.165) is 5.56 Å². The zero-order chi connectivity index (χ0) is 11.8. The van der Waals surface area contributed by atoms with Crippen LogP contribution in [0.2, 0.25) is 0 Å². The number of nitrogens with one attached hydrogen (secondary N) is 1. The largest absolute Gasteiger partial charge is 0.480 e. The SMILES string of the molecule is C#CCONC(Cc1ccccc1)C(=O)O. The second kappa shape index (κ2) is 6.62. The number of hydrogen-bond donors (Lipinski definition) is 2. The van der Waals surface area contributed by atoms with Gasteiger partial charge >= 0.3 is 5.97 Å². The number of hydroxylamine groups is 1. The molecule has 1 aromatic rings. The smallest absolute Gasteiger partial charge is 0.323 e. The van der Waals surface area contributed by atoms with Gasteiger partial charge in [-0.15, -0.1) is 6.42 Å². The molecule has 0 amide bonds. The average Bonchev–Trinajstić information content (AvgIpc) is 2.29. The fourth-order valence-corrected chi connectivity index (χ4v) is 1.21. The third kappa shape index (κ3) is 4.13. The van der Waals surface area contributed by atoms with Crippen LogP contribution in [0.1, 0.15) is 5.56 Å². The number of aliphatic carboxylic acids is 1. The van der Waals surface area contributed by atoms with E-state index >= 15 is 0 Å². The molecule has 0 fully saturated rings. The summed E-state index contributed by atoms with van der Waals surface area (Å²) in [4.78, 5) is 15.7. The Kier molecular flexibility index (Phi) is 5.06. The van der Waals surface area contributed by atoms with E-state index in [1.807, 2.05) is 30.3 Å². The van der Waals surface area contributed by atoms with Crippen LogP contribution in [0.5, 0.6) is 0 Å². The molecule has 1 rings (SSSR count). The molecule has 0 aliphatic rings. The van der Waals surface area contributed by atoms with Gasteiger partial charge in [0.1, 0.15) is 12.6 Å². The Morgan fingerprint density at radius 3 is 2.75 bits per heavy atom. The second-order valence-electron chi connectivity index (χ2n) is 3.19. The monoisotopic (exact) mass is 219 g/mol. The zero-order valence-corrected chi connectivity index (χ0v) is 8.72. The average molecular weight is 219 g/mol. The number of rotatable bonds is 6. The lowest BCUT2D eigenvalue weighted by molar-refractivity contribution is -0.143. The number of terminal acetylenes is 1. The molecule has 1 unspecified atom stereocenters. The number of benzene rings is 1. The Bertz CT molecular complexity index is 370. The van der Waals surface area contributed by atoms with Crippen molar-refractivity contribution < 1.29 is 14.7 Å². The highest BCUT2D eigenvalue weighted by molar-refractivity contribution is 5.73. The maximum atomic E-state index is 10.9. The Morgan fingerprint density at radius 2 is 2.19 bits per heavy atom. The van der Waals surface area contributed by atoms with Crippen LogP contribution in [0.15, 0.2) is 30.3 Å². The van der Waals surface area contributed by atoms with Crippen LogP contribution in [0, 0.1) is 12.3 Å². The fraction of sp³-hybridized carbons (Fsp3) is 0.250. The second-order valence-corrected chi connectivity index (χ2v) is 3.19. The summed E-state index contributed by atoms with van der Waals surface area (Å²) in [6.07, 6.45) is 5.33. The molecular weight excluding hydrogens is 206 g/mol. The number of hydrogen-bond acceptors (Lipinski definition) is 3. The highest BCUT2D eigenvalue weighted by atomic mass is 16.6. The van der Waals surface area contributed by atoms with Crippen LogP contribution >= 0.6 is 0 Å². The first-order chi connectivity index (χ1) is 7.74.